The highest BCUT2D eigenvalue weighted by Crippen LogP contribution is 2.15. The monoisotopic (exact) mass is 515 g/mol. The third-order valence-electron chi connectivity index (χ3n) is 4.74. The number of guanidine groups is 1. The minimum Gasteiger partial charge on any atom is -0.481 e. The normalized spacial score (nSPS) is 14.8. The Bertz CT molecular complexity index is 623. The van der Waals surface area contributed by atoms with Gasteiger partial charge in [0.15, 0.2) is 5.96 Å². The highest BCUT2D eigenvalue weighted by atomic mass is 127. The number of halogens is 1. The zero-order valence-corrected chi connectivity index (χ0v) is 19.9. The lowest BCUT2D eigenvalue weighted by atomic mass is 10.1. The number of aliphatic imine (C=N–C) groups is 1. The molecule has 29 heavy (non-hydrogen) atoms. The molecule has 2 rings (SSSR count). The van der Waals surface area contributed by atoms with Gasteiger partial charge in [0.05, 0.1) is 6.10 Å². The van der Waals surface area contributed by atoms with E-state index in [-0.39, 0.29) is 24.0 Å². The molecule has 0 aliphatic carbocycles. The van der Waals surface area contributed by atoms with Gasteiger partial charge in [-0.05, 0) is 43.4 Å². The summed E-state index contributed by atoms with van der Waals surface area (Å²) < 4.78 is 16.4. The number of likely N-dealkylation sites (tertiary alicyclic amines) is 1. The maximum Gasteiger partial charge on any atom is 0.193 e. The van der Waals surface area contributed by atoms with E-state index in [1.807, 2.05) is 19.2 Å². The summed E-state index contributed by atoms with van der Waals surface area (Å²) in [6.07, 6.45) is 9.50. The van der Waals surface area contributed by atoms with E-state index in [4.69, 9.17) is 20.6 Å². The summed E-state index contributed by atoms with van der Waals surface area (Å²) >= 11 is 0. The Kier molecular flexibility index (Phi) is 13.5. The zero-order chi connectivity index (χ0) is 20.0. The van der Waals surface area contributed by atoms with E-state index in [0.29, 0.717) is 12.7 Å². The van der Waals surface area contributed by atoms with E-state index in [2.05, 4.69) is 33.3 Å². The summed E-state index contributed by atoms with van der Waals surface area (Å²) in [7, 11) is 3.56. The van der Waals surface area contributed by atoms with Crippen molar-refractivity contribution in [1.82, 2.24) is 10.2 Å². The zero-order valence-electron chi connectivity index (χ0n) is 17.6. The fourth-order valence-electron chi connectivity index (χ4n) is 3.22. The molecule has 1 fully saturated rings. The van der Waals surface area contributed by atoms with Crippen molar-refractivity contribution in [3.05, 3.63) is 29.8 Å². The van der Waals surface area contributed by atoms with Gasteiger partial charge in [-0.1, -0.05) is 18.1 Å². The van der Waals surface area contributed by atoms with E-state index in [1.54, 1.807) is 7.11 Å². The molecule has 0 bridgehead atoms. The standard InChI is InChI=1S/C22H33N3O3.HI/c1-4-16-27-20-8-6-19(7-9-20)10-13-24-22(23-2)25-14-11-21(12-15-25)28-18-5-17-26-3;/h1,6-9,21H,5,10-18H2,2-3H3,(H,23,24);1H. The van der Waals surface area contributed by atoms with Gasteiger partial charge in [0.25, 0.3) is 0 Å². The molecule has 1 saturated heterocycles. The minimum absolute atomic E-state index is 0. The van der Waals surface area contributed by atoms with Crippen LogP contribution in [0.15, 0.2) is 29.3 Å². The van der Waals surface area contributed by atoms with E-state index >= 15 is 0 Å². The number of nitrogens with zero attached hydrogens (tertiary/aromatic N) is 2. The highest BCUT2D eigenvalue weighted by Gasteiger charge is 2.21. The van der Waals surface area contributed by atoms with Crippen LogP contribution >= 0.6 is 24.0 Å². The highest BCUT2D eigenvalue weighted by molar-refractivity contribution is 14.0. The number of hydrogen-bond donors (Lipinski definition) is 1. The molecule has 1 aromatic rings. The molecule has 7 heteroatoms. The predicted molar refractivity (Wildman–Crippen MR) is 128 cm³/mol. The fourth-order valence-corrected chi connectivity index (χ4v) is 3.22. The lowest BCUT2D eigenvalue weighted by Gasteiger charge is -2.34. The van der Waals surface area contributed by atoms with Gasteiger partial charge >= 0.3 is 0 Å². The van der Waals surface area contributed by atoms with Gasteiger partial charge in [0.2, 0.25) is 0 Å². The number of hydrogen-bond acceptors (Lipinski definition) is 4. The van der Waals surface area contributed by atoms with Crippen LogP contribution in [-0.2, 0) is 15.9 Å². The van der Waals surface area contributed by atoms with Crippen molar-refractivity contribution in [1.29, 1.82) is 0 Å². The van der Waals surface area contributed by atoms with Crippen molar-refractivity contribution in [3.63, 3.8) is 0 Å². The summed E-state index contributed by atoms with van der Waals surface area (Å²) in [6.45, 7) is 4.61. The van der Waals surface area contributed by atoms with Crippen molar-refractivity contribution in [3.8, 4) is 18.1 Å². The summed E-state index contributed by atoms with van der Waals surface area (Å²) in [5.74, 6) is 4.24. The molecule has 0 unspecified atom stereocenters. The Morgan fingerprint density at radius 1 is 1.24 bits per heavy atom. The number of rotatable bonds is 10. The van der Waals surface area contributed by atoms with Crippen molar-refractivity contribution < 1.29 is 14.2 Å². The van der Waals surface area contributed by atoms with Crippen molar-refractivity contribution in [2.24, 2.45) is 4.99 Å². The molecule has 0 amide bonds. The fraction of sp³-hybridized carbons (Fsp3) is 0.591. The Labute approximate surface area is 192 Å². The maximum absolute atomic E-state index is 5.93. The molecule has 6 nitrogen and oxygen atoms in total. The van der Waals surface area contributed by atoms with Gasteiger partial charge in [0.1, 0.15) is 12.4 Å². The largest absolute Gasteiger partial charge is 0.481 e. The second-order valence-electron chi connectivity index (χ2n) is 6.76. The van der Waals surface area contributed by atoms with E-state index in [0.717, 1.165) is 70.2 Å². The average molecular weight is 515 g/mol. The second kappa shape index (κ2) is 15.4. The van der Waals surface area contributed by atoms with E-state index in [9.17, 15) is 0 Å². The molecule has 1 aliphatic heterocycles. The van der Waals surface area contributed by atoms with Gasteiger partial charge in [0, 0.05) is 47.0 Å². The first-order valence-electron chi connectivity index (χ1n) is 9.98. The summed E-state index contributed by atoms with van der Waals surface area (Å²) in [5.41, 5.74) is 1.25. The molecular formula is C22H34IN3O3. The van der Waals surface area contributed by atoms with E-state index < -0.39 is 0 Å². The maximum atomic E-state index is 5.93. The summed E-state index contributed by atoms with van der Waals surface area (Å²) in [5, 5.41) is 3.47. The number of methoxy groups -OCH3 is 1. The van der Waals surface area contributed by atoms with Gasteiger partial charge in [-0.15, -0.1) is 30.4 Å². The molecule has 0 saturated carbocycles. The van der Waals surface area contributed by atoms with Gasteiger partial charge < -0.3 is 24.4 Å². The minimum atomic E-state index is 0. The number of ether oxygens (including phenoxy) is 3. The summed E-state index contributed by atoms with van der Waals surface area (Å²) in [4.78, 5) is 6.75. The van der Waals surface area contributed by atoms with Crippen LogP contribution in [0, 0.1) is 12.3 Å². The molecule has 0 radical (unpaired) electrons. The quantitative estimate of drug-likeness (QED) is 0.171. The van der Waals surface area contributed by atoms with Gasteiger partial charge in [-0.25, -0.2) is 0 Å². The average Bonchev–Trinajstić information content (AvgIpc) is 2.74. The molecule has 1 aromatic carbocycles. The van der Waals surface area contributed by atoms with Crippen LogP contribution in [0.2, 0.25) is 0 Å². The third kappa shape index (κ3) is 9.70. The number of terminal acetylenes is 1. The molecule has 1 heterocycles. The smallest absolute Gasteiger partial charge is 0.193 e. The van der Waals surface area contributed by atoms with Crippen molar-refractivity contribution in [2.45, 2.75) is 31.8 Å². The SMILES string of the molecule is C#CCOc1ccc(CCNC(=NC)N2CCC(OCCCOC)CC2)cc1.I. The molecule has 0 atom stereocenters. The Morgan fingerprint density at radius 2 is 1.97 bits per heavy atom. The topological polar surface area (TPSA) is 55.3 Å². The second-order valence-corrected chi connectivity index (χ2v) is 6.76. The molecule has 0 aromatic heterocycles. The van der Waals surface area contributed by atoms with Crippen LogP contribution < -0.4 is 10.1 Å². The molecule has 1 N–H and O–H groups in total. The number of piperidine rings is 1. The van der Waals surface area contributed by atoms with Crippen LogP contribution in [0.25, 0.3) is 0 Å². The third-order valence-corrected chi connectivity index (χ3v) is 4.74. The molecule has 1 aliphatic rings. The first kappa shape index (κ1) is 25.5. The predicted octanol–water partition coefficient (Wildman–Crippen LogP) is 2.95. The molecular weight excluding hydrogens is 481 g/mol. The Morgan fingerprint density at radius 3 is 2.59 bits per heavy atom. The lowest BCUT2D eigenvalue weighted by Crippen LogP contribution is -2.47. The van der Waals surface area contributed by atoms with Crippen LogP contribution in [0.1, 0.15) is 24.8 Å². The lowest BCUT2D eigenvalue weighted by molar-refractivity contribution is 0.00992. The van der Waals surface area contributed by atoms with Crippen molar-refractivity contribution >= 4 is 29.9 Å². The van der Waals surface area contributed by atoms with Gasteiger partial charge in [-0.2, -0.15) is 0 Å². The number of benzene rings is 1. The molecule has 162 valence electrons. The van der Waals surface area contributed by atoms with E-state index in [1.165, 1.54) is 5.56 Å². The van der Waals surface area contributed by atoms with Crippen molar-refractivity contribution in [2.75, 3.05) is 53.6 Å². The first-order chi connectivity index (χ1) is 13.8. The first-order valence-corrected chi connectivity index (χ1v) is 9.98. The van der Waals surface area contributed by atoms with Crippen LogP contribution in [-0.4, -0.2) is 70.6 Å². The van der Waals surface area contributed by atoms with Crippen LogP contribution in [0.3, 0.4) is 0 Å². The Hall–Kier alpha value is -1.50. The van der Waals surface area contributed by atoms with Crippen LogP contribution in [0.5, 0.6) is 5.75 Å². The van der Waals surface area contributed by atoms with Gasteiger partial charge in [-0.3, -0.25) is 4.99 Å². The Balaban J connectivity index is 0.00000420. The summed E-state index contributed by atoms with van der Waals surface area (Å²) in [6, 6.07) is 8.06. The van der Waals surface area contributed by atoms with Crippen LogP contribution in [0.4, 0.5) is 0 Å². The molecule has 0 spiro atoms. The number of nitrogens with one attached hydrogen (secondary N) is 1.